The van der Waals surface area contributed by atoms with Crippen molar-refractivity contribution in [1.29, 1.82) is 0 Å². The topological polar surface area (TPSA) is 59.8 Å². The molecule has 0 fully saturated rings. The van der Waals surface area contributed by atoms with Crippen molar-refractivity contribution in [2.24, 2.45) is 0 Å². The normalized spacial score (nSPS) is 10.8. The fourth-order valence-corrected chi connectivity index (χ4v) is 3.74. The number of hydrogen-bond acceptors (Lipinski definition) is 4. The Morgan fingerprint density at radius 3 is 2.39 bits per heavy atom. The molecule has 0 radical (unpaired) electrons. The number of aromatic nitrogens is 3. The lowest BCUT2D eigenvalue weighted by Crippen LogP contribution is -2.13. The lowest BCUT2D eigenvalue weighted by atomic mass is 10.0. The summed E-state index contributed by atoms with van der Waals surface area (Å²) in [5.41, 5.74) is 5.57. The van der Waals surface area contributed by atoms with Crippen LogP contribution >= 0.6 is 11.3 Å². The molecule has 2 aromatic heterocycles. The summed E-state index contributed by atoms with van der Waals surface area (Å²) in [6, 6.07) is 20.3. The molecule has 0 aliphatic carbocycles. The van der Waals surface area contributed by atoms with Gasteiger partial charge in [-0.15, -0.1) is 11.3 Å². The Bertz CT molecular complexity index is 1100. The second kappa shape index (κ2) is 7.78. The smallest absolute Gasteiger partial charge is 0.277 e. The van der Waals surface area contributed by atoms with Crippen molar-refractivity contribution >= 4 is 22.4 Å². The van der Waals surface area contributed by atoms with Crippen LogP contribution in [0.4, 0.5) is 5.13 Å². The number of anilines is 1. The van der Waals surface area contributed by atoms with Crippen LogP contribution in [0.3, 0.4) is 0 Å². The molecule has 1 N–H and O–H groups in total. The number of thiazole rings is 1. The second-order valence-electron chi connectivity index (χ2n) is 6.42. The van der Waals surface area contributed by atoms with E-state index in [0.29, 0.717) is 10.8 Å². The van der Waals surface area contributed by atoms with E-state index in [-0.39, 0.29) is 5.91 Å². The maximum Gasteiger partial charge on any atom is 0.277 e. The van der Waals surface area contributed by atoms with Gasteiger partial charge >= 0.3 is 0 Å². The van der Waals surface area contributed by atoms with Crippen LogP contribution in [0.25, 0.3) is 22.4 Å². The van der Waals surface area contributed by atoms with E-state index < -0.39 is 0 Å². The molecule has 4 rings (SSSR count). The lowest BCUT2D eigenvalue weighted by Gasteiger charge is -2.03. The van der Waals surface area contributed by atoms with Crippen LogP contribution in [-0.2, 0) is 6.54 Å². The molecule has 2 aromatic carbocycles. The highest BCUT2D eigenvalue weighted by Gasteiger charge is 2.14. The highest BCUT2D eigenvalue weighted by Crippen LogP contribution is 2.27. The first kappa shape index (κ1) is 18.1. The Labute approximate surface area is 167 Å². The maximum absolute atomic E-state index is 12.4. The molecule has 6 heteroatoms. The average molecular weight is 388 g/mol. The molecule has 0 aliphatic heterocycles. The van der Waals surface area contributed by atoms with Crippen molar-refractivity contribution in [3.05, 3.63) is 77.4 Å². The van der Waals surface area contributed by atoms with Gasteiger partial charge in [-0.05, 0) is 31.0 Å². The Hall–Kier alpha value is -3.25. The Morgan fingerprint density at radius 2 is 1.71 bits per heavy atom. The number of nitrogens with one attached hydrogen (secondary N) is 1. The zero-order valence-corrected chi connectivity index (χ0v) is 16.5. The summed E-state index contributed by atoms with van der Waals surface area (Å²) < 4.78 is 1.80. The molecule has 0 unspecified atom stereocenters. The van der Waals surface area contributed by atoms with Crippen LogP contribution in [0.5, 0.6) is 0 Å². The number of amides is 1. The van der Waals surface area contributed by atoms with Crippen LogP contribution in [0.1, 0.15) is 23.1 Å². The average Bonchev–Trinajstić information content (AvgIpc) is 3.35. The van der Waals surface area contributed by atoms with Crippen LogP contribution < -0.4 is 5.32 Å². The van der Waals surface area contributed by atoms with Crippen molar-refractivity contribution in [2.45, 2.75) is 20.4 Å². The predicted molar refractivity (Wildman–Crippen MR) is 114 cm³/mol. The van der Waals surface area contributed by atoms with Gasteiger partial charge in [0.15, 0.2) is 10.8 Å². The van der Waals surface area contributed by atoms with Crippen LogP contribution in [-0.4, -0.2) is 20.7 Å². The largest absolute Gasteiger partial charge is 0.296 e. The van der Waals surface area contributed by atoms with E-state index in [4.69, 9.17) is 0 Å². The standard InChI is InChI=1S/C22H20N4OS/c1-3-26-15(2)13-19(25-26)21(27)24-22-23-20(14-28-22)18-11-9-17(10-12-18)16-7-5-4-6-8-16/h4-14H,3H2,1-2H3,(H,23,24,27). The third-order valence-electron chi connectivity index (χ3n) is 4.53. The van der Waals surface area contributed by atoms with E-state index in [9.17, 15) is 4.79 Å². The van der Waals surface area contributed by atoms with E-state index in [1.807, 2.05) is 37.4 Å². The zero-order valence-electron chi connectivity index (χ0n) is 15.7. The molecule has 28 heavy (non-hydrogen) atoms. The van der Waals surface area contributed by atoms with Crippen molar-refractivity contribution < 1.29 is 4.79 Å². The molecular weight excluding hydrogens is 368 g/mol. The van der Waals surface area contributed by atoms with Gasteiger partial charge in [0.1, 0.15) is 0 Å². The number of benzene rings is 2. The van der Waals surface area contributed by atoms with Gasteiger partial charge in [0.2, 0.25) is 0 Å². The van der Waals surface area contributed by atoms with Crippen molar-refractivity contribution in [1.82, 2.24) is 14.8 Å². The van der Waals surface area contributed by atoms with Gasteiger partial charge in [-0.1, -0.05) is 54.6 Å². The van der Waals surface area contributed by atoms with Gasteiger partial charge in [0.05, 0.1) is 5.69 Å². The molecule has 1 amide bonds. The molecule has 0 atom stereocenters. The van der Waals surface area contributed by atoms with E-state index in [2.05, 4.69) is 51.8 Å². The maximum atomic E-state index is 12.4. The summed E-state index contributed by atoms with van der Waals surface area (Å²) in [6.07, 6.45) is 0. The Kier molecular flexibility index (Phi) is 5.04. The van der Waals surface area contributed by atoms with Crippen molar-refractivity contribution in [3.8, 4) is 22.4 Å². The van der Waals surface area contributed by atoms with Crippen LogP contribution in [0.15, 0.2) is 66.0 Å². The summed E-state index contributed by atoms with van der Waals surface area (Å²) in [7, 11) is 0. The van der Waals surface area contributed by atoms with Gasteiger partial charge in [-0.3, -0.25) is 14.8 Å². The summed E-state index contributed by atoms with van der Waals surface area (Å²) in [5, 5.41) is 9.67. The van der Waals surface area contributed by atoms with Gasteiger partial charge in [0.25, 0.3) is 5.91 Å². The van der Waals surface area contributed by atoms with Crippen LogP contribution in [0, 0.1) is 6.92 Å². The molecule has 5 nitrogen and oxygen atoms in total. The minimum atomic E-state index is -0.240. The highest BCUT2D eigenvalue weighted by molar-refractivity contribution is 7.14. The molecule has 0 aliphatic rings. The molecule has 140 valence electrons. The first-order valence-corrected chi connectivity index (χ1v) is 9.99. The third kappa shape index (κ3) is 3.73. The molecular formula is C22H20N4OS. The van der Waals surface area contributed by atoms with E-state index in [1.165, 1.54) is 16.9 Å². The first-order chi connectivity index (χ1) is 13.6. The van der Waals surface area contributed by atoms with E-state index in [0.717, 1.165) is 29.1 Å². The molecule has 0 saturated carbocycles. The predicted octanol–water partition coefficient (Wildman–Crippen LogP) is 5.25. The Balaban J connectivity index is 1.49. The zero-order chi connectivity index (χ0) is 19.5. The minimum absolute atomic E-state index is 0.240. The number of carbonyl (C=O) groups excluding carboxylic acids is 1. The van der Waals surface area contributed by atoms with Crippen molar-refractivity contribution in [2.75, 3.05) is 5.32 Å². The second-order valence-corrected chi connectivity index (χ2v) is 7.28. The monoisotopic (exact) mass is 388 g/mol. The third-order valence-corrected chi connectivity index (χ3v) is 5.28. The van der Waals surface area contributed by atoms with E-state index >= 15 is 0 Å². The highest BCUT2D eigenvalue weighted by atomic mass is 32.1. The summed E-state index contributed by atoms with van der Waals surface area (Å²) >= 11 is 1.41. The molecule has 4 aromatic rings. The fourth-order valence-electron chi connectivity index (χ4n) is 3.03. The lowest BCUT2D eigenvalue weighted by molar-refractivity contribution is 0.102. The fraction of sp³-hybridized carbons (Fsp3) is 0.136. The minimum Gasteiger partial charge on any atom is -0.296 e. The van der Waals surface area contributed by atoms with Crippen LogP contribution in [0.2, 0.25) is 0 Å². The number of aryl methyl sites for hydroxylation is 2. The SMILES string of the molecule is CCn1nc(C(=O)Nc2nc(-c3ccc(-c4ccccc4)cc3)cs2)cc1C. The summed E-state index contributed by atoms with van der Waals surface area (Å²) in [6.45, 7) is 4.67. The van der Waals surface area contributed by atoms with E-state index in [1.54, 1.807) is 10.7 Å². The molecule has 0 saturated heterocycles. The molecule has 0 spiro atoms. The number of rotatable bonds is 5. The van der Waals surface area contributed by atoms with Gasteiger partial charge in [0, 0.05) is 23.2 Å². The first-order valence-electron chi connectivity index (χ1n) is 9.11. The van der Waals surface area contributed by atoms with Gasteiger partial charge < -0.3 is 0 Å². The number of carbonyl (C=O) groups is 1. The Morgan fingerprint density at radius 1 is 1.04 bits per heavy atom. The number of nitrogens with zero attached hydrogens (tertiary/aromatic N) is 3. The quantitative estimate of drug-likeness (QED) is 0.508. The summed E-state index contributed by atoms with van der Waals surface area (Å²) in [4.78, 5) is 17.0. The van der Waals surface area contributed by atoms with Gasteiger partial charge in [-0.2, -0.15) is 5.10 Å². The number of hydrogen-bond donors (Lipinski definition) is 1. The summed E-state index contributed by atoms with van der Waals surface area (Å²) in [5.74, 6) is -0.240. The van der Waals surface area contributed by atoms with Gasteiger partial charge in [-0.25, -0.2) is 4.98 Å². The van der Waals surface area contributed by atoms with Crippen molar-refractivity contribution in [3.63, 3.8) is 0 Å². The molecule has 0 bridgehead atoms. The molecule has 2 heterocycles.